The number of nitrogens with one attached hydrogen (secondary N) is 1. The lowest BCUT2D eigenvalue weighted by molar-refractivity contribution is -0.0116. The van der Waals surface area contributed by atoms with Crippen molar-refractivity contribution in [2.45, 2.75) is 57.7 Å². The van der Waals surface area contributed by atoms with Gasteiger partial charge in [-0.25, -0.2) is 0 Å². The summed E-state index contributed by atoms with van der Waals surface area (Å²) in [5, 5.41) is 14.5. The molecule has 0 spiro atoms. The Hall–Kier alpha value is -0.770. The first-order chi connectivity index (χ1) is 9.58. The van der Waals surface area contributed by atoms with Gasteiger partial charge in [-0.15, -0.1) is 0 Å². The van der Waals surface area contributed by atoms with Crippen molar-refractivity contribution in [1.29, 1.82) is 0 Å². The third-order valence-electron chi connectivity index (χ3n) is 4.03. The molecule has 1 aliphatic rings. The maximum atomic E-state index is 10.3. The molecule has 1 saturated carbocycles. The molecule has 2 rings (SSSR count). The van der Waals surface area contributed by atoms with E-state index >= 15 is 0 Å². The Morgan fingerprint density at radius 1 is 1.35 bits per heavy atom. The zero-order valence-electron chi connectivity index (χ0n) is 12.3. The highest BCUT2D eigenvalue weighted by Crippen LogP contribution is 2.29. The Morgan fingerprint density at radius 3 is 2.65 bits per heavy atom. The van der Waals surface area contributed by atoms with Gasteiger partial charge in [0.15, 0.2) is 0 Å². The summed E-state index contributed by atoms with van der Waals surface area (Å²) in [5.41, 5.74) is 0.222. The molecule has 1 aromatic rings. The summed E-state index contributed by atoms with van der Waals surface area (Å²) in [7, 11) is 0. The molecule has 0 heterocycles. The standard InChI is InChI=1S/C16H24ClNO2/c1-3-16(19,4-2)11-20-15-7-5-6-14(17)13(15)10-18-12-8-9-12/h5-7,12,18-19H,3-4,8-11H2,1-2H3. The molecule has 1 aliphatic carbocycles. The number of benzene rings is 1. The van der Waals surface area contributed by atoms with Crippen molar-refractivity contribution in [1.82, 2.24) is 5.32 Å². The summed E-state index contributed by atoms with van der Waals surface area (Å²) < 4.78 is 5.84. The van der Waals surface area contributed by atoms with Crippen LogP contribution in [0.1, 0.15) is 45.1 Å². The highest BCUT2D eigenvalue weighted by molar-refractivity contribution is 6.31. The van der Waals surface area contributed by atoms with Crippen LogP contribution in [0, 0.1) is 0 Å². The molecule has 2 N–H and O–H groups in total. The smallest absolute Gasteiger partial charge is 0.125 e. The van der Waals surface area contributed by atoms with Crippen LogP contribution in [-0.2, 0) is 6.54 Å². The van der Waals surface area contributed by atoms with Crippen LogP contribution in [0.3, 0.4) is 0 Å². The molecule has 0 saturated heterocycles. The minimum Gasteiger partial charge on any atom is -0.490 e. The quantitative estimate of drug-likeness (QED) is 0.771. The largest absolute Gasteiger partial charge is 0.490 e. The van der Waals surface area contributed by atoms with Crippen molar-refractivity contribution >= 4 is 11.6 Å². The molecule has 112 valence electrons. The van der Waals surface area contributed by atoms with Gasteiger partial charge in [0.05, 0.1) is 5.60 Å². The second-order valence-corrected chi connectivity index (χ2v) is 6.00. The Bertz CT molecular complexity index is 442. The maximum absolute atomic E-state index is 10.3. The van der Waals surface area contributed by atoms with Crippen molar-refractivity contribution in [3.8, 4) is 5.75 Å². The van der Waals surface area contributed by atoms with Gasteiger partial charge in [-0.1, -0.05) is 31.5 Å². The molecule has 1 fully saturated rings. The zero-order chi connectivity index (χ0) is 14.6. The normalized spacial score (nSPS) is 15.4. The Morgan fingerprint density at radius 2 is 2.05 bits per heavy atom. The van der Waals surface area contributed by atoms with E-state index in [2.05, 4.69) is 5.32 Å². The Balaban J connectivity index is 2.03. The van der Waals surface area contributed by atoms with E-state index in [-0.39, 0.29) is 0 Å². The summed E-state index contributed by atoms with van der Waals surface area (Å²) >= 11 is 6.27. The first kappa shape index (κ1) is 15.6. The van der Waals surface area contributed by atoms with Gasteiger partial charge in [-0.05, 0) is 37.8 Å². The molecule has 20 heavy (non-hydrogen) atoms. The predicted molar refractivity (Wildman–Crippen MR) is 82.3 cm³/mol. The van der Waals surface area contributed by atoms with Crippen molar-refractivity contribution in [3.63, 3.8) is 0 Å². The van der Waals surface area contributed by atoms with E-state index in [1.54, 1.807) is 0 Å². The average molecular weight is 298 g/mol. The average Bonchev–Trinajstić information content (AvgIpc) is 3.28. The first-order valence-corrected chi connectivity index (χ1v) is 7.81. The second-order valence-electron chi connectivity index (χ2n) is 5.59. The molecule has 0 unspecified atom stereocenters. The molecule has 0 amide bonds. The summed E-state index contributed by atoms with van der Waals surface area (Å²) in [6, 6.07) is 6.31. The van der Waals surface area contributed by atoms with Gasteiger partial charge in [-0.2, -0.15) is 0 Å². The molecule has 0 aliphatic heterocycles. The van der Waals surface area contributed by atoms with Crippen molar-refractivity contribution < 1.29 is 9.84 Å². The predicted octanol–water partition coefficient (Wildman–Crippen LogP) is 3.52. The van der Waals surface area contributed by atoms with Gasteiger partial charge in [0, 0.05) is 23.2 Å². The minimum absolute atomic E-state index is 0.302. The van der Waals surface area contributed by atoms with Crippen LogP contribution in [0.2, 0.25) is 5.02 Å². The van der Waals surface area contributed by atoms with E-state index < -0.39 is 5.60 Å². The minimum atomic E-state index is -0.760. The van der Waals surface area contributed by atoms with Gasteiger partial charge < -0.3 is 15.2 Å². The molecule has 0 bridgehead atoms. The number of hydrogen-bond acceptors (Lipinski definition) is 3. The number of rotatable bonds is 8. The number of hydrogen-bond donors (Lipinski definition) is 2. The van der Waals surface area contributed by atoms with E-state index in [1.807, 2.05) is 32.0 Å². The van der Waals surface area contributed by atoms with E-state index in [9.17, 15) is 5.11 Å². The molecular formula is C16H24ClNO2. The summed E-state index contributed by atoms with van der Waals surface area (Å²) in [4.78, 5) is 0. The van der Waals surface area contributed by atoms with E-state index in [4.69, 9.17) is 16.3 Å². The summed E-state index contributed by atoms with van der Waals surface area (Å²) in [6.07, 6.45) is 3.84. The third kappa shape index (κ3) is 4.11. The van der Waals surface area contributed by atoms with Gasteiger partial charge >= 0.3 is 0 Å². The fraction of sp³-hybridized carbons (Fsp3) is 0.625. The second kappa shape index (κ2) is 6.79. The van der Waals surface area contributed by atoms with Crippen LogP contribution in [-0.4, -0.2) is 23.4 Å². The Labute approximate surface area is 126 Å². The van der Waals surface area contributed by atoms with Gasteiger partial charge in [0.1, 0.15) is 12.4 Å². The SMILES string of the molecule is CCC(O)(CC)COc1cccc(Cl)c1CNC1CC1. The third-order valence-corrected chi connectivity index (χ3v) is 4.39. The lowest BCUT2D eigenvalue weighted by Crippen LogP contribution is -2.34. The highest BCUT2D eigenvalue weighted by atomic mass is 35.5. The lowest BCUT2D eigenvalue weighted by Gasteiger charge is -2.26. The Kier molecular flexibility index (Phi) is 5.30. The van der Waals surface area contributed by atoms with Crippen LogP contribution in [0.4, 0.5) is 0 Å². The van der Waals surface area contributed by atoms with Gasteiger partial charge in [0.2, 0.25) is 0 Å². The maximum Gasteiger partial charge on any atom is 0.125 e. The zero-order valence-corrected chi connectivity index (χ0v) is 13.0. The van der Waals surface area contributed by atoms with Crippen LogP contribution < -0.4 is 10.1 Å². The lowest BCUT2D eigenvalue weighted by atomic mass is 9.99. The van der Waals surface area contributed by atoms with Crippen molar-refractivity contribution in [3.05, 3.63) is 28.8 Å². The fourth-order valence-electron chi connectivity index (χ4n) is 2.05. The number of aliphatic hydroxyl groups is 1. The van der Waals surface area contributed by atoms with Crippen LogP contribution in [0.15, 0.2) is 18.2 Å². The van der Waals surface area contributed by atoms with E-state index in [0.29, 0.717) is 30.5 Å². The molecule has 1 aromatic carbocycles. The van der Waals surface area contributed by atoms with Crippen LogP contribution in [0.25, 0.3) is 0 Å². The topological polar surface area (TPSA) is 41.5 Å². The molecule has 0 aromatic heterocycles. The highest BCUT2D eigenvalue weighted by Gasteiger charge is 2.25. The molecular weight excluding hydrogens is 274 g/mol. The molecule has 0 atom stereocenters. The van der Waals surface area contributed by atoms with Gasteiger partial charge in [-0.3, -0.25) is 0 Å². The molecule has 3 nitrogen and oxygen atoms in total. The first-order valence-electron chi connectivity index (χ1n) is 7.44. The van der Waals surface area contributed by atoms with E-state index in [0.717, 1.165) is 17.9 Å². The van der Waals surface area contributed by atoms with Crippen molar-refractivity contribution in [2.75, 3.05) is 6.61 Å². The number of ether oxygens (including phenoxy) is 1. The van der Waals surface area contributed by atoms with Crippen molar-refractivity contribution in [2.24, 2.45) is 0 Å². The summed E-state index contributed by atoms with van der Waals surface area (Å²) in [5.74, 6) is 0.769. The number of halogens is 1. The van der Waals surface area contributed by atoms with Crippen LogP contribution >= 0.6 is 11.6 Å². The van der Waals surface area contributed by atoms with Crippen LogP contribution in [0.5, 0.6) is 5.75 Å². The molecule has 0 radical (unpaired) electrons. The monoisotopic (exact) mass is 297 g/mol. The molecule has 4 heteroatoms. The van der Waals surface area contributed by atoms with Gasteiger partial charge in [0.25, 0.3) is 0 Å². The fourth-order valence-corrected chi connectivity index (χ4v) is 2.28. The van der Waals surface area contributed by atoms with E-state index in [1.165, 1.54) is 12.8 Å². The summed E-state index contributed by atoms with van der Waals surface area (Å²) in [6.45, 7) is 4.97.